The minimum atomic E-state index is -1.47. The van der Waals surface area contributed by atoms with Crippen LogP contribution in [0.4, 0.5) is 0 Å². The van der Waals surface area contributed by atoms with E-state index in [9.17, 15) is 14.7 Å². The Bertz CT molecular complexity index is 1330. The van der Waals surface area contributed by atoms with Crippen LogP contribution in [0.5, 0.6) is 0 Å². The van der Waals surface area contributed by atoms with Crippen molar-refractivity contribution in [2.75, 3.05) is 40.5 Å². The van der Waals surface area contributed by atoms with Gasteiger partial charge in [-0.25, -0.2) is 0 Å². The van der Waals surface area contributed by atoms with Gasteiger partial charge in [-0.15, -0.1) is 0 Å². The minimum absolute atomic E-state index is 0.0276. The molecule has 0 saturated carbocycles. The molecule has 1 N–H and O–H groups in total. The Hall–Kier alpha value is -2.64. The molecule has 49 heavy (non-hydrogen) atoms. The molecule has 2 aromatic carbocycles. The van der Waals surface area contributed by atoms with Crippen LogP contribution in [0.2, 0.25) is 0 Å². The molecule has 4 fully saturated rings. The van der Waals surface area contributed by atoms with Gasteiger partial charge >= 0.3 is 0 Å². The topological polar surface area (TPSA) is 107 Å². The van der Waals surface area contributed by atoms with E-state index >= 15 is 0 Å². The quantitative estimate of drug-likeness (QED) is 0.378. The molecule has 0 spiro atoms. The third kappa shape index (κ3) is 10.00. The predicted molar refractivity (Wildman–Crippen MR) is 189 cm³/mol. The molecular weight excluding hydrogens is 641 g/mol. The van der Waals surface area contributed by atoms with Crippen molar-refractivity contribution in [3.05, 3.63) is 60.2 Å². The third-order valence-electron chi connectivity index (χ3n) is 9.96. The molecule has 4 aliphatic rings. The van der Waals surface area contributed by atoms with E-state index in [4.69, 9.17) is 23.4 Å². The summed E-state index contributed by atoms with van der Waals surface area (Å²) in [5.41, 5.74) is 1.42. The van der Waals surface area contributed by atoms with Crippen molar-refractivity contribution in [2.24, 2.45) is 0 Å². The van der Waals surface area contributed by atoms with Gasteiger partial charge in [0.1, 0.15) is 0 Å². The van der Waals surface area contributed by atoms with E-state index in [2.05, 4.69) is 69.3 Å². The average molecular weight is 696 g/mol. The van der Waals surface area contributed by atoms with Crippen molar-refractivity contribution in [1.82, 2.24) is 9.80 Å². The molecule has 0 unspecified atom stereocenters. The Balaban J connectivity index is 0.000000244. The zero-order chi connectivity index (χ0) is 35.0. The molecule has 0 aliphatic carbocycles. The maximum atomic E-state index is 12.5. The number of ether oxygens (including phenoxy) is 4. The molecule has 10 nitrogen and oxygen atoms in total. The minimum Gasteiger partial charge on any atom is -0.405 e. The first-order chi connectivity index (χ1) is 23.5. The van der Waals surface area contributed by atoms with Gasteiger partial charge in [0.2, 0.25) is 11.8 Å². The highest BCUT2D eigenvalue weighted by molar-refractivity contribution is 6.80. The van der Waals surface area contributed by atoms with Gasteiger partial charge in [0, 0.05) is 27.3 Å². The number of rotatable bonds is 10. The van der Waals surface area contributed by atoms with Gasteiger partial charge in [0.05, 0.1) is 50.3 Å². The van der Waals surface area contributed by atoms with Crippen LogP contribution in [-0.4, -0.2) is 113 Å². The van der Waals surface area contributed by atoms with E-state index in [0.29, 0.717) is 19.4 Å². The van der Waals surface area contributed by atoms with Crippen LogP contribution in [0.15, 0.2) is 54.6 Å². The number of amides is 2. The van der Waals surface area contributed by atoms with Crippen molar-refractivity contribution in [3.8, 4) is 0 Å². The zero-order valence-corrected chi connectivity index (χ0v) is 30.8. The smallest absolute Gasteiger partial charge is 0.282 e. The van der Waals surface area contributed by atoms with Crippen molar-refractivity contribution < 1.29 is 38.1 Å². The normalized spacial score (nSPS) is 27.8. The highest BCUT2D eigenvalue weighted by atomic mass is 28.3. The molecule has 2 aromatic rings. The summed E-state index contributed by atoms with van der Waals surface area (Å²) in [6.45, 7) is 8.53. The van der Waals surface area contributed by atoms with Gasteiger partial charge in [0.15, 0.2) is 12.6 Å². The number of hydrogen-bond donors (Lipinski definition) is 1. The number of aliphatic hydroxyl groups excluding tert-OH is 1. The first kappa shape index (κ1) is 37.6. The number of carbonyl (C=O) groups is 2. The SMILES string of the molecule is CN1C(=O)C[C@@H](O[C@@H]2CCCCO2)[C@H]1CO.CN1C(=O)C[C@@H](O[C@@H]2CCCCO2)[C@H]1CO[Si](c1ccccc1)c1ccc(C(C)(C)C)cc1. The first-order valence-corrected chi connectivity index (χ1v) is 19.3. The van der Waals surface area contributed by atoms with Crippen LogP contribution in [0.1, 0.15) is 77.7 Å². The lowest BCUT2D eigenvalue weighted by molar-refractivity contribution is -0.193. The first-order valence-electron chi connectivity index (χ1n) is 17.9. The highest BCUT2D eigenvalue weighted by Crippen LogP contribution is 2.27. The van der Waals surface area contributed by atoms with Crippen LogP contribution in [0.25, 0.3) is 0 Å². The van der Waals surface area contributed by atoms with Crippen LogP contribution < -0.4 is 10.4 Å². The van der Waals surface area contributed by atoms with Gasteiger partial charge in [-0.1, -0.05) is 75.4 Å². The molecule has 0 aromatic heterocycles. The number of carbonyl (C=O) groups excluding carboxylic acids is 2. The Morgan fingerprint density at radius 1 is 0.755 bits per heavy atom. The fourth-order valence-corrected chi connectivity index (χ4v) is 8.72. The monoisotopic (exact) mass is 695 g/mol. The Labute approximate surface area is 293 Å². The van der Waals surface area contributed by atoms with Gasteiger partial charge in [0.25, 0.3) is 9.04 Å². The lowest BCUT2D eigenvalue weighted by Gasteiger charge is -2.31. The second-order valence-corrected chi connectivity index (χ2v) is 16.6. The van der Waals surface area contributed by atoms with Gasteiger partial charge in [-0.2, -0.15) is 0 Å². The van der Waals surface area contributed by atoms with E-state index in [1.165, 1.54) is 15.9 Å². The molecule has 1 radical (unpaired) electrons. The molecule has 0 bridgehead atoms. The van der Waals surface area contributed by atoms with E-state index in [1.807, 2.05) is 13.1 Å². The van der Waals surface area contributed by atoms with Crippen molar-refractivity contribution in [1.29, 1.82) is 0 Å². The molecule has 4 aliphatic heterocycles. The summed E-state index contributed by atoms with van der Waals surface area (Å²) in [5.74, 6) is 0.132. The van der Waals surface area contributed by atoms with E-state index in [0.717, 1.165) is 51.7 Å². The molecular formula is C38H55N2O8Si. The second-order valence-electron chi connectivity index (χ2n) is 14.5. The number of aliphatic hydroxyl groups is 1. The summed E-state index contributed by atoms with van der Waals surface area (Å²) in [6, 6.07) is 18.9. The summed E-state index contributed by atoms with van der Waals surface area (Å²) in [5, 5.41) is 11.6. The summed E-state index contributed by atoms with van der Waals surface area (Å²) in [7, 11) is 2.09. The zero-order valence-electron chi connectivity index (χ0n) is 29.8. The molecule has 6 rings (SSSR count). The summed E-state index contributed by atoms with van der Waals surface area (Å²) in [6.07, 6.45) is 6.02. The van der Waals surface area contributed by atoms with E-state index in [1.54, 1.807) is 16.8 Å². The highest BCUT2D eigenvalue weighted by Gasteiger charge is 2.41. The number of likely N-dealkylation sites (N-methyl/N-ethyl adjacent to an activating group) is 2. The Morgan fingerprint density at radius 2 is 1.27 bits per heavy atom. The van der Waals surface area contributed by atoms with Crippen LogP contribution in [0.3, 0.4) is 0 Å². The Morgan fingerprint density at radius 3 is 1.76 bits per heavy atom. The molecule has 6 atom stereocenters. The predicted octanol–water partition coefficient (Wildman–Crippen LogP) is 3.37. The van der Waals surface area contributed by atoms with Crippen LogP contribution in [0, 0.1) is 0 Å². The number of hydrogen-bond acceptors (Lipinski definition) is 8. The van der Waals surface area contributed by atoms with Crippen molar-refractivity contribution in [2.45, 2.75) is 114 Å². The summed E-state index contributed by atoms with van der Waals surface area (Å²) in [4.78, 5) is 27.4. The Kier molecular flexibility index (Phi) is 13.5. The fourth-order valence-electron chi connectivity index (χ4n) is 6.75. The molecule has 4 heterocycles. The molecule has 269 valence electrons. The number of benzene rings is 2. The molecule has 11 heteroatoms. The van der Waals surface area contributed by atoms with Crippen molar-refractivity contribution >= 4 is 31.2 Å². The van der Waals surface area contributed by atoms with Crippen LogP contribution >= 0.6 is 0 Å². The largest absolute Gasteiger partial charge is 0.405 e. The van der Waals surface area contributed by atoms with Gasteiger partial charge in [-0.05, 0) is 59.9 Å². The maximum absolute atomic E-state index is 12.5. The van der Waals surface area contributed by atoms with Gasteiger partial charge in [-0.3, -0.25) is 9.59 Å². The van der Waals surface area contributed by atoms with E-state index in [-0.39, 0.29) is 60.7 Å². The third-order valence-corrected chi connectivity index (χ3v) is 12.1. The van der Waals surface area contributed by atoms with E-state index < -0.39 is 9.04 Å². The van der Waals surface area contributed by atoms with Gasteiger partial charge < -0.3 is 38.3 Å². The second kappa shape index (κ2) is 17.5. The summed E-state index contributed by atoms with van der Waals surface area (Å²) >= 11 is 0. The fraction of sp³-hybridized carbons (Fsp3) is 0.632. The summed E-state index contributed by atoms with van der Waals surface area (Å²) < 4.78 is 29.9. The average Bonchev–Trinajstić information content (AvgIpc) is 3.53. The molecule has 2 amide bonds. The van der Waals surface area contributed by atoms with Crippen molar-refractivity contribution in [3.63, 3.8) is 0 Å². The van der Waals surface area contributed by atoms with Crippen LogP contribution in [-0.2, 0) is 38.4 Å². The molecule has 4 saturated heterocycles. The lowest BCUT2D eigenvalue weighted by Crippen LogP contribution is -2.49. The lowest BCUT2D eigenvalue weighted by atomic mass is 9.87. The number of nitrogens with zero attached hydrogens (tertiary/aromatic N) is 2. The number of likely N-dealkylation sites (tertiary alicyclic amines) is 2. The maximum Gasteiger partial charge on any atom is 0.282 e. The standard InChI is InChI=1S/C27H36NO4Si.C11H19NO4/c1-27(2,3)20-13-15-22(16-14-20)33(21-10-6-5-7-11-21)31-19-23-24(18-25(29)28(23)4)32-26-12-8-9-17-30-26;1-12-8(7-13)9(6-10(12)14)16-11-4-2-3-5-15-11/h5-7,10-11,13-16,23-24,26H,8-9,12,17-19H2,1-4H3;8-9,11,13H,2-7H2,1H3/t23-,24-,26-;8-,9-,11-/m11/s1.